The molecule has 3 rings (SSSR count). The number of carboxylic acids is 1. The summed E-state index contributed by atoms with van der Waals surface area (Å²) in [7, 11) is 1.58. The van der Waals surface area contributed by atoms with Crippen LogP contribution in [0.4, 0.5) is 0 Å². The number of benzene rings is 2. The average molecular weight is 342 g/mol. The van der Waals surface area contributed by atoms with E-state index in [2.05, 4.69) is 4.98 Å². The molecule has 0 radical (unpaired) electrons. The summed E-state index contributed by atoms with van der Waals surface area (Å²) < 4.78 is 6.85. The normalized spacial score (nSPS) is 10.7. The van der Waals surface area contributed by atoms with Gasteiger partial charge in [-0.3, -0.25) is 9.36 Å². The molecule has 0 aliphatic heterocycles. The number of hydrogen-bond donors (Lipinski definition) is 2. The monoisotopic (exact) mass is 342 g/mol. The Kier molecular flexibility index (Phi) is 4.18. The minimum absolute atomic E-state index is 0.0955. The fraction of sp³-hybridized carbons (Fsp3) is 0.118. The van der Waals surface area contributed by atoms with Gasteiger partial charge in [0.2, 0.25) is 0 Å². The number of H-pyrrole nitrogens is 1. The Hall–Kier alpha value is -2.93. The molecule has 0 atom stereocenters. The van der Waals surface area contributed by atoms with E-state index in [9.17, 15) is 9.59 Å². The van der Waals surface area contributed by atoms with Crippen LogP contribution in [0.3, 0.4) is 0 Å². The van der Waals surface area contributed by atoms with E-state index < -0.39 is 5.97 Å². The molecule has 0 aliphatic carbocycles. The molecule has 0 saturated heterocycles. The first-order valence-corrected chi connectivity index (χ1v) is 7.53. The van der Waals surface area contributed by atoms with Crippen molar-refractivity contribution in [3.63, 3.8) is 0 Å². The fourth-order valence-corrected chi connectivity index (χ4v) is 2.74. The van der Waals surface area contributed by atoms with Crippen molar-refractivity contribution >= 4 is 29.1 Å². The molecule has 0 fully saturated rings. The van der Waals surface area contributed by atoms with Crippen molar-refractivity contribution in [1.82, 2.24) is 9.55 Å². The number of aromatic amines is 1. The molecule has 3 aromatic rings. The summed E-state index contributed by atoms with van der Waals surface area (Å²) in [5.74, 6) is -0.362. The van der Waals surface area contributed by atoms with Crippen molar-refractivity contribution in [3.05, 3.63) is 68.7 Å². The number of carboxylic acid groups (broad SMARTS) is 1. The smallest absolute Gasteiger partial charge is 0.335 e. The van der Waals surface area contributed by atoms with Crippen LogP contribution in [0.1, 0.15) is 15.9 Å². The predicted molar refractivity (Wildman–Crippen MR) is 92.4 cm³/mol. The lowest BCUT2D eigenvalue weighted by Gasteiger charge is -2.09. The van der Waals surface area contributed by atoms with Crippen LogP contribution in [-0.2, 0) is 6.54 Å². The van der Waals surface area contributed by atoms with Gasteiger partial charge in [-0.2, -0.15) is 0 Å². The summed E-state index contributed by atoms with van der Waals surface area (Å²) in [6.07, 6.45) is 0. The Morgan fingerprint density at radius 1 is 1.29 bits per heavy atom. The predicted octanol–water partition coefficient (Wildman–Crippen LogP) is 2.81. The van der Waals surface area contributed by atoms with Crippen LogP contribution < -0.4 is 10.3 Å². The molecule has 0 amide bonds. The Morgan fingerprint density at radius 3 is 2.79 bits per heavy atom. The molecule has 1 heterocycles. The van der Waals surface area contributed by atoms with Crippen LogP contribution in [0.5, 0.6) is 5.75 Å². The third kappa shape index (κ3) is 2.93. The molecular formula is C17H14N2O4S. The van der Waals surface area contributed by atoms with E-state index in [-0.39, 0.29) is 15.9 Å². The highest BCUT2D eigenvalue weighted by atomic mass is 32.1. The van der Waals surface area contributed by atoms with Gasteiger partial charge >= 0.3 is 5.97 Å². The highest BCUT2D eigenvalue weighted by Crippen LogP contribution is 2.15. The molecule has 0 bridgehead atoms. The highest BCUT2D eigenvalue weighted by molar-refractivity contribution is 7.71. The second-order valence-corrected chi connectivity index (χ2v) is 5.63. The van der Waals surface area contributed by atoms with Gasteiger partial charge < -0.3 is 14.8 Å². The maximum absolute atomic E-state index is 12.7. The van der Waals surface area contributed by atoms with E-state index in [0.29, 0.717) is 23.2 Å². The lowest BCUT2D eigenvalue weighted by molar-refractivity contribution is 0.0697. The number of aromatic nitrogens is 2. The van der Waals surface area contributed by atoms with Gasteiger partial charge in [0.1, 0.15) is 5.75 Å². The molecule has 24 heavy (non-hydrogen) atoms. The molecule has 6 nitrogen and oxygen atoms in total. The van der Waals surface area contributed by atoms with E-state index in [1.54, 1.807) is 7.11 Å². The number of nitrogens with zero attached hydrogens (tertiary/aromatic N) is 1. The number of nitrogens with one attached hydrogen (secondary N) is 1. The van der Waals surface area contributed by atoms with Gasteiger partial charge in [0.25, 0.3) is 5.56 Å². The largest absolute Gasteiger partial charge is 0.497 e. The standard InChI is InChI=1S/C17H14N2O4S/c1-23-12-4-2-3-10(7-12)9-19-15(20)13-6-5-11(16(21)22)8-14(13)18-17(19)24/h2-8H,9H2,1H3,(H,18,24)(H,21,22). The molecule has 0 unspecified atom stereocenters. The van der Waals surface area contributed by atoms with E-state index in [0.717, 1.165) is 5.56 Å². The van der Waals surface area contributed by atoms with Gasteiger partial charge in [0.05, 0.1) is 30.1 Å². The van der Waals surface area contributed by atoms with Crippen molar-refractivity contribution < 1.29 is 14.6 Å². The molecule has 7 heteroatoms. The first kappa shape index (κ1) is 15.9. The van der Waals surface area contributed by atoms with Gasteiger partial charge in [0.15, 0.2) is 4.77 Å². The van der Waals surface area contributed by atoms with Crippen LogP contribution >= 0.6 is 12.2 Å². The zero-order chi connectivity index (χ0) is 17.3. The van der Waals surface area contributed by atoms with Crippen LogP contribution in [0.15, 0.2) is 47.3 Å². The Balaban J connectivity index is 2.12. The van der Waals surface area contributed by atoms with Crippen LogP contribution in [-0.4, -0.2) is 27.7 Å². The number of rotatable bonds is 4. The number of carbonyl (C=O) groups is 1. The summed E-state index contributed by atoms with van der Waals surface area (Å²) in [4.78, 5) is 26.7. The van der Waals surface area contributed by atoms with E-state index in [1.807, 2.05) is 24.3 Å². The lowest BCUT2D eigenvalue weighted by Crippen LogP contribution is -2.23. The average Bonchev–Trinajstić information content (AvgIpc) is 2.58. The first-order valence-electron chi connectivity index (χ1n) is 7.12. The summed E-state index contributed by atoms with van der Waals surface area (Å²) in [5, 5.41) is 9.43. The Bertz CT molecular complexity index is 1050. The maximum Gasteiger partial charge on any atom is 0.335 e. The minimum Gasteiger partial charge on any atom is -0.497 e. The SMILES string of the molecule is COc1cccc(Cn2c(=S)[nH]c3cc(C(=O)O)ccc3c2=O)c1. The molecule has 2 aromatic carbocycles. The van der Waals surface area contributed by atoms with Gasteiger partial charge in [0, 0.05) is 0 Å². The van der Waals surface area contributed by atoms with Crippen LogP contribution in [0, 0.1) is 4.77 Å². The summed E-state index contributed by atoms with van der Waals surface area (Å²) in [6.45, 7) is 0.294. The Labute approximate surface area is 142 Å². The van der Waals surface area contributed by atoms with Crippen molar-refractivity contribution in [2.75, 3.05) is 7.11 Å². The Morgan fingerprint density at radius 2 is 2.08 bits per heavy atom. The topological polar surface area (TPSA) is 84.3 Å². The summed E-state index contributed by atoms with van der Waals surface area (Å²) in [5.41, 5.74) is 1.11. The number of ether oxygens (including phenoxy) is 1. The van der Waals surface area contributed by atoms with Crippen molar-refractivity contribution in [2.45, 2.75) is 6.54 Å². The molecule has 1 aromatic heterocycles. The van der Waals surface area contributed by atoms with Crippen molar-refractivity contribution in [1.29, 1.82) is 0 Å². The second-order valence-electron chi connectivity index (χ2n) is 5.24. The van der Waals surface area contributed by atoms with Gasteiger partial charge in [-0.05, 0) is 48.1 Å². The molecule has 2 N–H and O–H groups in total. The number of hydrogen-bond acceptors (Lipinski definition) is 4. The summed E-state index contributed by atoms with van der Waals surface area (Å²) >= 11 is 5.27. The maximum atomic E-state index is 12.7. The first-order chi connectivity index (χ1) is 11.5. The lowest BCUT2D eigenvalue weighted by atomic mass is 10.1. The zero-order valence-corrected chi connectivity index (χ0v) is 13.6. The molecular weight excluding hydrogens is 328 g/mol. The highest BCUT2D eigenvalue weighted by Gasteiger charge is 2.10. The van der Waals surface area contributed by atoms with Crippen molar-refractivity contribution in [2.24, 2.45) is 0 Å². The third-order valence-corrected chi connectivity index (χ3v) is 4.03. The van der Waals surface area contributed by atoms with Crippen molar-refractivity contribution in [3.8, 4) is 5.75 Å². The minimum atomic E-state index is -1.06. The number of fused-ring (bicyclic) bond motifs is 1. The third-order valence-electron chi connectivity index (χ3n) is 3.70. The van der Waals surface area contributed by atoms with E-state index in [1.165, 1.54) is 22.8 Å². The van der Waals surface area contributed by atoms with E-state index in [4.69, 9.17) is 22.1 Å². The zero-order valence-electron chi connectivity index (χ0n) is 12.8. The second kappa shape index (κ2) is 6.29. The number of methoxy groups -OCH3 is 1. The van der Waals surface area contributed by atoms with Gasteiger partial charge in [-0.1, -0.05) is 12.1 Å². The van der Waals surface area contributed by atoms with Crippen LogP contribution in [0.2, 0.25) is 0 Å². The van der Waals surface area contributed by atoms with Crippen LogP contribution in [0.25, 0.3) is 10.9 Å². The molecule has 0 spiro atoms. The summed E-state index contributed by atoms with van der Waals surface area (Å²) in [6, 6.07) is 11.7. The fourth-order valence-electron chi connectivity index (χ4n) is 2.48. The molecule has 0 saturated carbocycles. The molecule has 0 aliphatic rings. The molecule has 122 valence electrons. The quantitative estimate of drug-likeness (QED) is 0.712. The van der Waals surface area contributed by atoms with Gasteiger partial charge in [-0.25, -0.2) is 4.79 Å². The van der Waals surface area contributed by atoms with E-state index >= 15 is 0 Å². The van der Waals surface area contributed by atoms with Gasteiger partial charge in [-0.15, -0.1) is 0 Å². The number of aromatic carboxylic acids is 1.